The molecule has 1 spiro atoms. The van der Waals surface area contributed by atoms with E-state index in [1.54, 1.807) is 4.90 Å². The predicted molar refractivity (Wildman–Crippen MR) is 193 cm³/mol. The van der Waals surface area contributed by atoms with Gasteiger partial charge in [0.2, 0.25) is 0 Å². The molecule has 3 aliphatic heterocycles. The van der Waals surface area contributed by atoms with Crippen LogP contribution in [0, 0.1) is 30.0 Å². The van der Waals surface area contributed by atoms with Crippen LogP contribution in [0.15, 0.2) is 48.8 Å². The summed E-state index contributed by atoms with van der Waals surface area (Å²) in [5, 5.41) is 17.7. The average Bonchev–Trinajstić information content (AvgIpc) is 3.70. The lowest BCUT2D eigenvalue weighted by Crippen LogP contribution is -2.45. The first-order valence-corrected chi connectivity index (χ1v) is 18.1. The molecular formula is C39H50FN7O2. The van der Waals surface area contributed by atoms with Crippen LogP contribution in [0.1, 0.15) is 57.1 Å². The third-order valence-electron chi connectivity index (χ3n) is 11.3. The molecule has 7 rings (SSSR count). The number of rotatable bonds is 8. The Morgan fingerprint density at radius 1 is 1.06 bits per heavy atom. The first kappa shape index (κ1) is 33.6. The standard InChI is InChI=1S/C39H50FN7O2/c1-25(2)18-29-22-47(23-35(29)48)38(49)45-33-20-30(40)19-31(26(33)3)36-32-21-34(44-37(32)43-24-42-36)28-6-4-27(5-7-28)8-15-46-16-11-39(12-17-46)9-13-41-14-10-39/h4-7,19-21,24-25,29,35,41,48H,8-18,22-23H2,1-3H3,(H,45,49)(H,42,43,44)/t29-,35-/m0/s1. The molecule has 3 fully saturated rings. The molecule has 5 heterocycles. The zero-order chi connectivity index (χ0) is 34.1. The Hall–Kier alpha value is -3.86. The lowest BCUT2D eigenvalue weighted by Gasteiger charge is -2.44. The molecule has 3 aliphatic rings. The molecule has 2 amide bonds. The number of anilines is 1. The second-order valence-corrected chi connectivity index (χ2v) is 15.1. The molecule has 0 unspecified atom stereocenters. The predicted octanol–water partition coefficient (Wildman–Crippen LogP) is 6.62. The maximum absolute atomic E-state index is 15.1. The van der Waals surface area contributed by atoms with E-state index in [2.05, 4.69) is 68.6 Å². The topological polar surface area (TPSA) is 109 Å². The fourth-order valence-corrected chi connectivity index (χ4v) is 8.26. The van der Waals surface area contributed by atoms with Gasteiger partial charge in [0.15, 0.2) is 0 Å². The Morgan fingerprint density at radius 2 is 1.82 bits per heavy atom. The normalized spacial score (nSPS) is 21.2. The number of nitrogens with one attached hydrogen (secondary N) is 3. The summed E-state index contributed by atoms with van der Waals surface area (Å²) in [5.41, 5.74) is 6.81. The molecule has 2 aromatic carbocycles. The summed E-state index contributed by atoms with van der Waals surface area (Å²) < 4.78 is 15.1. The van der Waals surface area contributed by atoms with Gasteiger partial charge in [-0.3, -0.25) is 0 Å². The van der Waals surface area contributed by atoms with Crippen molar-refractivity contribution in [2.24, 2.45) is 17.3 Å². The van der Waals surface area contributed by atoms with E-state index in [1.807, 2.05) is 13.0 Å². The smallest absolute Gasteiger partial charge is 0.321 e. The molecule has 0 radical (unpaired) electrons. The first-order chi connectivity index (χ1) is 23.7. The van der Waals surface area contributed by atoms with Crippen LogP contribution in [-0.2, 0) is 6.42 Å². The average molecular weight is 668 g/mol. The van der Waals surface area contributed by atoms with Gasteiger partial charge in [0, 0.05) is 47.9 Å². The Labute approximate surface area is 288 Å². The highest BCUT2D eigenvalue weighted by Gasteiger charge is 2.36. The van der Waals surface area contributed by atoms with Gasteiger partial charge < -0.3 is 30.5 Å². The quantitative estimate of drug-likeness (QED) is 0.168. The largest absolute Gasteiger partial charge is 0.391 e. The molecule has 49 heavy (non-hydrogen) atoms. The number of carbonyl (C=O) groups is 1. The molecule has 2 aromatic heterocycles. The van der Waals surface area contributed by atoms with Crippen LogP contribution in [0.5, 0.6) is 0 Å². The van der Waals surface area contributed by atoms with E-state index in [9.17, 15) is 9.90 Å². The fourth-order valence-electron chi connectivity index (χ4n) is 8.26. The van der Waals surface area contributed by atoms with Crippen molar-refractivity contribution in [3.63, 3.8) is 0 Å². The van der Waals surface area contributed by atoms with Gasteiger partial charge in [-0.1, -0.05) is 38.1 Å². The number of piperidine rings is 2. The number of halogens is 1. The monoisotopic (exact) mass is 667 g/mol. The number of urea groups is 1. The van der Waals surface area contributed by atoms with E-state index in [4.69, 9.17) is 0 Å². The van der Waals surface area contributed by atoms with E-state index in [0.717, 1.165) is 36.0 Å². The molecule has 10 heteroatoms. The molecule has 3 saturated heterocycles. The molecule has 2 atom stereocenters. The lowest BCUT2D eigenvalue weighted by molar-refractivity contribution is 0.0746. The number of β-amino-alcohol motifs (C(OH)–C–C–N with tert-alkyl or cyclic N) is 1. The van der Waals surface area contributed by atoms with Crippen LogP contribution >= 0.6 is 0 Å². The number of hydrogen-bond donors (Lipinski definition) is 4. The van der Waals surface area contributed by atoms with Crippen LogP contribution < -0.4 is 10.6 Å². The Bertz CT molecular complexity index is 1770. The van der Waals surface area contributed by atoms with E-state index in [1.165, 1.54) is 75.9 Å². The van der Waals surface area contributed by atoms with Gasteiger partial charge in [-0.2, -0.15) is 0 Å². The summed E-state index contributed by atoms with van der Waals surface area (Å²) in [7, 11) is 0. The number of aliphatic hydroxyl groups excluding tert-OH is 1. The van der Waals surface area contributed by atoms with Gasteiger partial charge in [-0.25, -0.2) is 19.2 Å². The zero-order valence-electron chi connectivity index (χ0n) is 29.1. The van der Waals surface area contributed by atoms with Gasteiger partial charge in [0.25, 0.3) is 0 Å². The molecule has 4 N–H and O–H groups in total. The Morgan fingerprint density at radius 3 is 2.55 bits per heavy atom. The summed E-state index contributed by atoms with van der Waals surface area (Å²) in [5.74, 6) is -0.00542. The summed E-state index contributed by atoms with van der Waals surface area (Å²) in [4.78, 5) is 30.0. The number of carbonyl (C=O) groups excluding carboxylic acids is 1. The number of aliphatic hydroxyl groups is 1. The highest BCUT2D eigenvalue weighted by Crippen LogP contribution is 2.40. The third-order valence-corrected chi connectivity index (χ3v) is 11.3. The van der Waals surface area contributed by atoms with Crippen LogP contribution in [0.4, 0.5) is 14.9 Å². The van der Waals surface area contributed by atoms with Crippen molar-refractivity contribution in [2.75, 3.05) is 51.1 Å². The van der Waals surface area contributed by atoms with Crippen molar-refractivity contribution >= 4 is 22.8 Å². The zero-order valence-corrected chi connectivity index (χ0v) is 29.1. The van der Waals surface area contributed by atoms with Crippen molar-refractivity contribution in [3.8, 4) is 22.5 Å². The Kier molecular flexibility index (Phi) is 9.72. The fraction of sp³-hybridized carbons (Fsp3) is 0.513. The number of benzene rings is 2. The van der Waals surface area contributed by atoms with Crippen molar-refractivity contribution in [1.82, 2.24) is 30.1 Å². The van der Waals surface area contributed by atoms with Crippen LogP contribution in [0.2, 0.25) is 0 Å². The van der Waals surface area contributed by atoms with E-state index in [0.29, 0.717) is 46.0 Å². The van der Waals surface area contributed by atoms with Gasteiger partial charge in [-0.05, 0) is 118 Å². The maximum atomic E-state index is 15.1. The summed E-state index contributed by atoms with van der Waals surface area (Å²) in [6.45, 7) is 12.7. The number of hydrogen-bond acceptors (Lipinski definition) is 6. The molecule has 0 saturated carbocycles. The lowest BCUT2D eigenvalue weighted by atomic mass is 9.71. The van der Waals surface area contributed by atoms with Crippen molar-refractivity contribution in [1.29, 1.82) is 0 Å². The second kappa shape index (κ2) is 14.2. The second-order valence-electron chi connectivity index (χ2n) is 15.1. The SMILES string of the molecule is Cc1c(NC(=O)N2C[C@H](CC(C)C)[C@@H](O)C2)cc(F)cc1-c1ncnc2[nH]c(-c3ccc(CCN4CCC5(CCNCC5)CC4)cc3)cc12. The van der Waals surface area contributed by atoms with Crippen LogP contribution in [0.3, 0.4) is 0 Å². The molecule has 0 aliphatic carbocycles. The third kappa shape index (κ3) is 7.37. The van der Waals surface area contributed by atoms with Gasteiger partial charge in [0.05, 0.1) is 11.8 Å². The van der Waals surface area contributed by atoms with Crippen molar-refractivity contribution < 1.29 is 14.3 Å². The number of likely N-dealkylation sites (tertiary alicyclic amines) is 2. The maximum Gasteiger partial charge on any atom is 0.321 e. The number of aromatic amines is 1. The number of fused-ring (bicyclic) bond motifs is 1. The number of amides is 2. The highest BCUT2D eigenvalue weighted by atomic mass is 19.1. The van der Waals surface area contributed by atoms with Crippen molar-refractivity contribution in [3.05, 3.63) is 65.7 Å². The number of nitrogens with zero attached hydrogens (tertiary/aromatic N) is 4. The van der Waals surface area contributed by atoms with E-state index in [-0.39, 0.29) is 18.5 Å². The minimum atomic E-state index is -0.558. The molecular weight excluding hydrogens is 617 g/mol. The van der Waals surface area contributed by atoms with Crippen LogP contribution in [0.25, 0.3) is 33.5 Å². The minimum absolute atomic E-state index is 0.0370. The minimum Gasteiger partial charge on any atom is -0.391 e. The van der Waals surface area contributed by atoms with Gasteiger partial charge >= 0.3 is 6.03 Å². The highest BCUT2D eigenvalue weighted by molar-refractivity contribution is 5.97. The Balaban J connectivity index is 1.04. The molecule has 9 nitrogen and oxygen atoms in total. The molecule has 260 valence electrons. The van der Waals surface area contributed by atoms with Crippen molar-refractivity contribution in [2.45, 2.75) is 65.4 Å². The molecule has 0 bridgehead atoms. The van der Waals surface area contributed by atoms with Gasteiger partial charge in [-0.15, -0.1) is 0 Å². The summed E-state index contributed by atoms with van der Waals surface area (Å²) in [6.07, 6.45) is 8.11. The van der Waals surface area contributed by atoms with E-state index >= 15 is 4.39 Å². The number of aromatic nitrogens is 3. The number of H-pyrrole nitrogens is 1. The summed E-state index contributed by atoms with van der Waals surface area (Å²) >= 11 is 0. The van der Waals surface area contributed by atoms with E-state index < -0.39 is 11.9 Å². The first-order valence-electron chi connectivity index (χ1n) is 18.1. The molecule has 4 aromatic rings. The summed E-state index contributed by atoms with van der Waals surface area (Å²) in [6, 6.07) is 13.2. The van der Waals surface area contributed by atoms with Gasteiger partial charge in [0.1, 0.15) is 17.8 Å². The van der Waals surface area contributed by atoms with Crippen LogP contribution in [-0.4, -0.2) is 87.8 Å².